The summed E-state index contributed by atoms with van der Waals surface area (Å²) in [7, 11) is 2.00. The van der Waals surface area contributed by atoms with Gasteiger partial charge >= 0.3 is 0 Å². The minimum absolute atomic E-state index is 0.0957. The fourth-order valence-corrected chi connectivity index (χ4v) is 4.53. The lowest BCUT2D eigenvalue weighted by atomic mass is 9.90. The van der Waals surface area contributed by atoms with E-state index in [4.69, 9.17) is 4.74 Å². The molecule has 0 unspecified atom stereocenters. The van der Waals surface area contributed by atoms with E-state index < -0.39 is 0 Å². The van der Waals surface area contributed by atoms with Crippen molar-refractivity contribution in [3.05, 3.63) is 0 Å². The summed E-state index contributed by atoms with van der Waals surface area (Å²) in [5.41, 5.74) is -0.257. The van der Waals surface area contributed by atoms with Crippen molar-refractivity contribution in [3.63, 3.8) is 0 Å². The van der Waals surface area contributed by atoms with Crippen LogP contribution in [0.3, 0.4) is 0 Å². The Bertz CT molecular complexity index is 526. The number of amides is 2. The molecule has 2 saturated heterocycles. The van der Waals surface area contributed by atoms with E-state index in [9.17, 15) is 9.59 Å². The zero-order valence-corrected chi connectivity index (χ0v) is 14.8. The molecule has 0 aromatic carbocycles. The van der Waals surface area contributed by atoms with Gasteiger partial charge < -0.3 is 15.0 Å². The monoisotopic (exact) mass is 335 g/mol. The molecular weight excluding hydrogens is 306 g/mol. The van der Waals surface area contributed by atoms with E-state index in [1.54, 1.807) is 0 Å². The van der Waals surface area contributed by atoms with E-state index in [0.29, 0.717) is 37.6 Å². The quantitative estimate of drug-likeness (QED) is 0.821. The van der Waals surface area contributed by atoms with Crippen molar-refractivity contribution in [3.8, 4) is 0 Å². The van der Waals surface area contributed by atoms with Crippen molar-refractivity contribution in [2.24, 2.45) is 11.8 Å². The normalized spacial score (nSPS) is 35.8. The third-order valence-corrected chi connectivity index (χ3v) is 6.32. The van der Waals surface area contributed by atoms with Crippen LogP contribution in [0.1, 0.15) is 39.0 Å². The summed E-state index contributed by atoms with van der Waals surface area (Å²) < 4.78 is 6.08. The molecule has 0 aromatic heterocycles. The number of hydrogen-bond acceptors (Lipinski definition) is 4. The summed E-state index contributed by atoms with van der Waals surface area (Å²) in [4.78, 5) is 28.8. The molecule has 6 heteroatoms. The Morgan fingerprint density at radius 2 is 1.83 bits per heavy atom. The number of carbonyl (C=O) groups excluding carboxylic acids is 2. The number of morpholine rings is 1. The summed E-state index contributed by atoms with van der Waals surface area (Å²) in [5, 5.41) is 3.17. The van der Waals surface area contributed by atoms with Crippen molar-refractivity contribution in [2.45, 2.75) is 56.7 Å². The highest BCUT2D eigenvalue weighted by Crippen LogP contribution is 2.42. The number of rotatable bonds is 3. The Labute approximate surface area is 143 Å². The van der Waals surface area contributed by atoms with Crippen LogP contribution in [-0.2, 0) is 14.3 Å². The Balaban J connectivity index is 1.27. The smallest absolute Gasteiger partial charge is 0.239 e. The fraction of sp³-hybridized carbons (Fsp3) is 0.889. The molecule has 4 rings (SSSR count). The van der Waals surface area contributed by atoms with Crippen LogP contribution in [0.5, 0.6) is 0 Å². The molecule has 2 aliphatic carbocycles. The van der Waals surface area contributed by atoms with Gasteiger partial charge in [-0.1, -0.05) is 19.8 Å². The number of nitrogens with one attached hydrogen (secondary N) is 1. The molecule has 0 aromatic rings. The van der Waals surface area contributed by atoms with Crippen molar-refractivity contribution >= 4 is 11.8 Å². The Morgan fingerprint density at radius 1 is 1.17 bits per heavy atom. The van der Waals surface area contributed by atoms with Gasteiger partial charge in [0, 0.05) is 18.5 Å². The molecule has 6 nitrogen and oxygen atoms in total. The lowest BCUT2D eigenvalue weighted by Crippen LogP contribution is -2.73. The van der Waals surface area contributed by atoms with Crippen molar-refractivity contribution in [2.75, 3.05) is 33.3 Å². The largest absolute Gasteiger partial charge is 0.368 e. The van der Waals surface area contributed by atoms with E-state index in [1.807, 2.05) is 11.9 Å². The highest BCUT2D eigenvalue weighted by molar-refractivity contribution is 5.83. The minimum Gasteiger partial charge on any atom is -0.368 e. The van der Waals surface area contributed by atoms with Crippen LogP contribution in [0, 0.1) is 11.8 Å². The molecule has 3 atom stereocenters. The second-order valence-electron chi connectivity index (χ2n) is 8.43. The summed E-state index contributed by atoms with van der Waals surface area (Å²) in [5.74, 6) is 1.18. The van der Waals surface area contributed by atoms with Gasteiger partial charge in [-0.3, -0.25) is 14.5 Å². The predicted octanol–water partition coefficient (Wildman–Crippen LogP) is 0.613. The number of nitrogens with zero attached hydrogens (tertiary/aromatic N) is 2. The van der Waals surface area contributed by atoms with E-state index >= 15 is 0 Å². The predicted molar refractivity (Wildman–Crippen MR) is 89.4 cm³/mol. The average Bonchev–Trinajstić information content (AvgIpc) is 3.02. The maximum Gasteiger partial charge on any atom is 0.239 e. The van der Waals surface area contributed by atoms with Gasteiger partial charge in [-0.15, -0.1) is 0 Å². The molecule has 2 saturated carbocycles. The first-order chi connectivity index (χ1) is 11.5. The van der Waals surface area contributed by atoms with Crippen molar-refractivity contribution < 1.29 is 14.3 Å². The molecule has 2 amide bonds. The Morgan fingerprint density at radius 3 is 2.42 bits per heavy atom. The molecule has 4 fully saturated rings. The molecule has 1 N–H and O–H groups in total. The third-order valence-electron chi connectivity index (χ3n) is 6.32. The van der Waals surface area contributed by atoms with E-state index in [-0.39, 0.29) is 23.5 Å². The molecule has 24 heavy (non-hydrogen) atoms. The zero-order chi connectivity index (χ0) is 16.9. The van der Waals surface area contributed by atoms with Crippen LogP contribution in [0.2, 0.25) is 0 Å². The van der Waals surface area contributed by atoms with E-state index in [0.717, 1.165) is 25.8 Å². The lowest BCUT2D eigenvalue weighted by molar-refractivity contribution is -0.202. The van der Waals surface area contributed by atoms with Crippen LogP contribution < -0.4 is 5.32 Å². The molecule has 1 spiro atoms. The molecule has 4 aliphatic rings. The molecule has 2 aliphatic heterocycles. The summed E-state index contributed by atoms with van der Waals surface area (Å²) in [6.45, 7) is 4.64. The van der Waals surface area contributed by atoms with Gasteiger partial charge in [0.1, 0.15) is 11.6 Å². The highest BCUT2D eigenvalue weighted by Gasteiger charge is 2.54. The van der Waals surface area contributed by atoms with Gasteiger partial charge in [-0.2, -0.15) is 0 Å². The molecule has 0 radical (unpaired) electrons. The lowest BCUT2D eigenvalue weighted by Gasteiger charge is -2.55. The minimum atomic E-state index is -0.257. The van der Waals surface area contributed by atoms with Crippen LogP contribution in [0.25, 0.3) is 0 Å². The highest BCUT2D eigenvalue weighted by atomic mass is 16.5. The van der Waals surface area contributed by atoms with Crippen molar-refractivity contribution in [1.29, 1.82) is 0 Å². The maximum atomic E-state index is 12.5. The molecule has 0 bridgehead atoms. The second kappa shape index (κ2) is 5.99. The number of likely N-dealkylation sites (tertiary alicyclic amines) is 1. The van der Waals surface area contributed by atoms with Gasteiger partial charge in [0.25, 0.3) is 0 Å². The molecule has 134 valence electrons. The van der Waals surface area contributed by atoms with Gasteiger partial charge in [-0.25, -0.2) is 0 Å². The van der Waals surface area contributed by atoms with Gasteiger partial charge in [0.15, 0.2) is 0 Å². The average molecular weight is 335 g/mol. The van der Waals surface area contributed by atoms with Crippen molar-refractivity contribution in [1.82, 2.24) is 15.1 Å². The maximum absolute atomic E-state index is 12.5. The number of likely N-dealkylation sites (N-methyl/N-ethyl adjacent to an activating group) is 1. The van der Waals surface area contributed by atoms with Crippen LogP contribution in [0.4, 0.5) is 0 Å². The number of carbonyl (C=O) groups is 2. The van der Waals surface area contributed by atoms with E-state index in [2.05, 4.69) is 17.1 Å². The topological polar surface area (TPSA) is 61.9 Å². The summed E-state index contributed by atoms with van der Waals surface area (Å²) in [6, 6.07) is 0.142. The standard InChI is InChI=1S/C18H29N3O3/c1-12-7-14(12)17(23)21-10-18(11-21)9-20(2)15(8-24-18)16(22)19-13-5-3-4-6-13/h12-15H,3-11H2,1-2H3,(H,19,22)/t12-,14+,15+/m1/s1. The van der Waals surface area contributed by atoms with Gasteiger partial charge in [-0.05, 0) is 32.2 Å². The third kappa shape index (κ3) is 2.94. The molecular formula is C18H29N3O3. The first-order valence-electron chi connectivity index (χ1n) is 9.41. The Kier molecular flexibility index (Phi) is 4.07. The number of hydrogen-bond donors (Lipinski definition) is 1. The summed E-state index contributed by atoms with van der Waals surface area (Å²) in [6.07, 6.45) is 5.67. The fourth-order valence-electron chi connectivity index (χ4n) is 4.53. The SMILES string of the molecule is C[C@@H]1C[C@@H]1C(=O)N1CC2(C1)CN(C)[C@H](C(=O)NC1CCCC1)CO2. The summed E-state index contributed by atoms with van der Waals surface area (Å²) >= 11 is 0. The first kappa shape index (κ1) is 16.3. The van der Waals surface area contributed by atoms with Crippen LogP contribution >= 0.6 is 0 Å². The van der Waals surface area contributed by atoms with Crippen LogP contribution in [0.15, 0.2) is 0 Å². The number of ether oxygens (including phenoxy) is 1. The Hall–Kier alpha value is -1.14. The molecule has 2 heterocycles. The second-order valence-corrected chi connectivity index (χ2v) is 8.43. The first-order valence-corrected chi connectivity index (χ1v) is 9.41. The zero-order valence-electron chi connectivity index (χ0n) is 14.8. The van der Waals surface area contributed by atoms with Crippen LogP contribution in [-0.4, -0.2) is 72.6 Å². The van der Waals surface area contributed by atoms with Gasteiger partial charge in [0.2, 0.25) is 11.8 Å². The van der Waals surface area contributed by atoms with E-state index in [1.165, 1.54) is 12.8 Å². The van der Waals surface area contributed by atoms with Gasteiger partial charge in [0.05, 0.1) is 19.7 Å².